The zero-order valence-electron chi connectivity index (χ0n) is 12.9. The van der Waals surface area contributed by atoms with Gasteiger partial charge in [0.1, 0.15) is 0 Å². The number of guanidine groups is 1. The zero-order valence-corrected chi connectivity index (χ0v) is 15.3. The van der Waals surface area contributed by atoms with Crippen LogP contribution in [0.15, 0.2) is 23.7 Å². The minimum Gasteiger partial charge on any atom is -0.370 e. The maximum absolute atomic E-state index is 11.1. The number of aliphatic imine (C=N–C) groups is 1. The molecule has 0 bridgehead atoms. The number of carbonyl (C=O) groups excluding carboxylic acids is 1. The summed E-state index contributed by atoms with van der Waals surface area (Å²) in [5.41, 5.74) is 5.30. The number of nitrogens with zero attached hydrogens (tertiary/aromatic N) is 4. The van der Waals surface area contributed by atoms with Gasteiger partial charge < -0.3 is 20.5 Å². The Morgan fingerprint density at radius 3 is 3.00 bits per heavy atom. The topological polar surface area (TPSA) is 88.5 Å². The zero-order chi connectivity index (χ0) is 15.1. The number of halogens is 1. The minimum absolute atomic E-state index is 0. The molecule has 1 aliphatic rings. The van der Waals surface area contributed by atoms with E-state index < -0.39 is 0 Å². The predicted octanol–water partition coefficient (Wildman–Crippen LogP) is 0.664. The van der Waals surface area contributed by atoms with E-state index in [2.05, 4.69) is 20.2 Å². The fourth-order valence-electron chi connectivity index (χ4n) is 2.76. The Bertz CT molecular complexity index is 476. The molecule has 8 heteroatoms. The Morgan fingerprint density at radius 1 is 1.55 bits per heavy atom. The van der Waals surface area contributed by atoms with Gasteiger partial charge in [0.2, 0.25) is 5.91 Å². The number of hydrogen-bond donors (Lipinski definition) is 2. The molecule has 1 aromatic heterocycles. The number of nitrogens with one attached hydrogen (secondary N) is 1. The summed E-state index contributed by atoms with van der Waals surface area (Å²) in [7, 11) is 1.79. The minimum atomic E-state index is -0.218. The number of nitrogens with two attached hydrogens (primary N) is 1. The quantitative estimate of drug-likeness (QED) is 0.416. The lowest BCUT2D eigenvalue weighted by molar-refractivity contribution is -0.119. The molecule has 2 heterocycles. The molecule has 124 valence electrons. The second kappa shape index (κ2) is 9.65. The number of imidazole rings is 1. The second-order valence-electron chi connectivity index (χ2n) is 5.40. The molecule has 0 aromatic carbocycles. The van der Waals surface area contributed by atoms with Crippen LogP contribution in [0.5, 0.6) is 0 Å². The maximum atomic E-state index is 11.1. The fourth-order valence-corrected chi connectivity index (χ4v) is 2.76. The Hall–Kier alpha value is -1.32. The molecule has 0 aliphatic carbocycles. The van der Waals surface area contributed by atoms with Crippen LogP contribution in [0.3, 0.4) is 0 Å². The predicted molar refractivity (Wildman–Crippen MR) is 97.1 cm³/mol. The van der Waals surface area contributed by atoms with E-state index in [1.165, 1.54) is 0 Å². The van der Waals surface area contributed by atoms with Gasteiger partial charge in [-0.05, 0) is 18.8 Å². The van der Waals surface area contributed by atoms with Gasteiger partial charge in [-0.1, -0.05) is 0 Å². The summed E-state index contributed by atoms with van der Waals surface area (Å²) in [6.45, 7) is 3.45. The first-order valence-corrected chi connectivity index (χ1v) is 7.38. The van der Waals surface area contributed by atoms with Crippen molar-refractivity contribution in [2.75, 3.05) is 26.7 Å². The maximum Gasteiger partial charge on any atom is 0.217 e. The molecule has 3 N–H and O–H groups in total. The lowest BCUT2D eigenvalue weighted by Crippen LogP contribution is -2.47. The van der Waals surface area contributed by atoms with Crippen LogP contribution < -0.4 is 11.1 Å². The number of likely N-dealkylation sites (tertiary alicyclic amines) is 1. The van der Waals surface area contributed by atoms with E-state index in [1.807, 2.05) is 10.8 Å². The van der Waals surface area contributed by atoms with E-state index in [4.69, 9.17) is 5.73 Å². The van der Waals surface area contributed by atoms with Crippen LogP contribution in [0.1, 0.15) is 19.3 Å². The highest BCUT2D eigenvalue weighted by Crippen LogP contribution is 2.19. The number of carbonyl (C=O) groups is 1. The standard InChI is InChI=1S/C14H24N6O.HI/c1-16-14(18-5-8-19-7-4-17-11-19)20-6-2-3-12(10-20)9-13(15)21;/h4,7,11-12H,2-3,5-6,8-10H2,1H3,(H2,15,21)(H,16,18);1H. The Kier molecular flexibility index (Phi) is 8.21. The number of hydrogen-bond acceptors (Lipinski definition) is 3. The molecule has 7 nitrogen and oxygen atoms in total. The van der Waals surface area contributed by atoms with Gasteiger partial charge in [-0.15, -0.1) is 24.0 Å². The molecule has 1 saturated heterocycles. The van der Waals surface area contributed by atoms with E-state index in [0.29, 0.717) is 12.3 Å². The third-order valence-corrected chi connectivity index (χ3v) is 3.73. The van der Waals surface area contributed by atoms with E-state index in [-0.39, 0.29) is 29.9 Å². The summed E-state index contributed by atoms with van der Waals surface area (Å²) in [5, 5.41) is 3.36. The van der Waals surface area contributed by atoms with Crippen LogP contribution >= 0.6 is 24.0 Å². The highest BCUT2D eigenvalue weighted by molar-refractivity contribution is 14.0. The Labute approximate surface area is 148 Å². The number of piperidine rings is 1. The summed E-state index contributed by atoms with van der Waals surface area (Å²) in [6, 6.07) is 0. The van der Waals surface area contributed by atoms with E-state index in [0.717, 1.165) is 45.0 Å². The van der Waals surface area contributed by atoms with Crippen LogP contribution in [-0.4, -0.2) is 53.0 Å². The largest absolute Gasteiger partial charge is 0.370 e. The monoisotopic (exact) mass is 420 g/mol. The third kappa shape index (κ3) is 5.82. The molecule has 0 spiro atoms. The molecule has 1 fully saturated rings. The van der Waals surface area contributed by atoms with Crippen molar-refractivity contribution < 1.29 is 4.79 Å². The summed E-state index contributed by atoms with van der Waals surface area (Å²) >= 11 is 0. The van der Waals surface area contributed by atoms with Crippen LogP contribution in [0.4, 0.5) is 0 Å². The summed E-state index contributed by atoms with van der Waals surface area (Å²) in [6.07, 6.45) is 8.10. The Balaban J connectivity index is 0.00000242. The lowest BCUT2D eigenvalue weighted by Gasteiger charge is -2.34. The van der Waals surface area contributed by atoms with Gasteiger partial charge in [0.25, 0.3) is 0 Å². The molecular weight excluding hydrogens is 395 g/mol. The molecule has 0 saturated carbocycles. The van der Waals surface area contributed by atoms with E-state index in [9.17, 15) is 4.79 Å². The lowest BCUT2D eigenvalue weighted by atomic mass is 9.95. The molecular formula is C14H25IN6O. The SMILES string of the molecule is CN=C(NCCn1ccnc1)N1CCCC(CC(N)=O)C1.I. The van der Waals surface area contributed by atoms with Gasteiger partial charge in [0, 0.05) is 52.0 Å². The first kappa shape index (κ1) is 18.7. The van der Waals surface area contributed by atoms with Crippen molar-refractivity contribution in [3.63, 3.8) is 0 Å². The molecule has 1 aliphatic heterocycles. The summed E-state index contributed by atoms with van der Waals surface area (Å²) in [5.74, 6) is 1.01. The van der Waals surface area contributed by atoms with Crippen molar-refractivity contribution in [3.8, 4) is 0 Å². The van der Waals surface area contributed by atoms with Crippen molar-refractivity contribution in [1.82, 2.24) is 19.8 Å². The van der Waals surface area contributed by atoms with Crippen LogP contribution in [0.25, 0.3) is 0 Å². The van der Waals surface area contributed by atoms with Gasteiger partial charge in [0.05, 0.1) is 6.33 Å². The smallest absolute Gasteiger partial charge is 0.217 e. The van der Waals surface area contributed by atoms with Gasteiger partial charge in [-0.3, -0.25) is 9.79 Å². The molecule has 1 aromatic rings. The third-order valence-electron chi connectivity index (χ3n) is 3.73. The van der Waals surface area contributed by atoms with Crippen LogP contribution in [0, 0.1) is 5.92 Å². The average Bonchev–Trinajstić information content (AvgIpc) is 2.96. The molecule has 2 rings (SSSR count). The van der Waals surface area contributed by atoms with Crippen molar-refractivity contribution in [3.05, 3.63) is 18.7 Å². The van der Waals surface area contributed by atoms with E-state index in [1.54, 1.807) is 19.6 Å². The highest BCUT2D eigenvalue weighted by atomic mass is 127. The fraction of sp³-hybridized carbons (Fsp3) is 0.643. The normalized spacial score (nSPS) is 18.7. The van der Waals surface area contributed by atoms with Crippen molar-refractivity contribution >= 4 is 35.8 Å². The number of primary amides is 1. The molecule has 0 radical (unpaired) electrons. The summed E-state index contributed by atoms with van der Waals surface area (Å²) in [4.78, 5) is 21.6. The number of amides is 1. The molecule has 22 heavy (non-hydrogen) atoms. The van der Waals surface area contributed by atoms with Crippen LogP contribution in [0.2, 0.25) is 0 Å². The molecule has 1 unspecified atom stereocenters. The van der Waals surface area contributed by atoms with Crippen molar-refractivity contribution in [1.29, 1.82) is 0 Å². The first-order valence-electron chi connectivity index (χ1n) is 7.38. The average molecular weight is 420 g/mol. The molecule has 1 amide bonds. The van der Waals surface area contributed by atoms with Gasteiger partial charge in [-0.2, -0.15) is 0 Å². The number of rotatable bonds is 5. The first-order chi connectivity index (χ1) is 10.2. The van der Waals surface area contributed by atoms with Crippen LogP contribution in [-0.2, 0) is 11.3 Å². The molecule has 1 atom stereocenters. The van der Waals surface area contributed by atoms with Crippen molar-refractivity contribution in [2.24, 2.45) is 16.6 Å². The number of aromatic nitrogens is 2. The summed E-state index contributed by atoms with van der Waals surface area (Å²) < 4.78 is 2.02. The second-order valence-corrected chi connectivity index (χ2v) is 5.40. The van der Waals surface area contributed by atoms with Gasteiger partial charge >= 0.3 is 0 Å². The van der Waals surface area contributed by atoms with Gasteiger partial charge in [-0.25, -0.2) is 4.98 Å². The highest BCUT2D eigenvalue weighted by Gasteiger charge is 2.23. The van der Waals surface area contributed by atoms with Crippen molar-refractivity contribution in [2.45, 2.75) is 25.8 Å². The Morgan fingerprint density at radius 2 is 2.36 bits per heavy atom. The van der Waals surface area contributed by atoms with Gasteiger partial charge in [0.15, 0.2) is 5.96 Å². The van der Waals surface area contributed by atoms with E-state index >= 15 is 0 Å².